The molecule has 31 heavy (non-hydrogen) atoms. The first-order valence-electron chi connectivity index (χ1n) is 11.4. The summed E-state index contributed by atoms with van der Waals surface area (Å²) in [6.07, 6.45) is 6.27. The highest BCUT2D eigenvalue weighted by atomic mass is 32.2. The Labute approximate surface area is 186 Å². The van der Waals surface area contributed by atoms with E-state index in [0.29, 0.717) is 0 Å². The minimum Gasteiger partial charge on any atom is -0.338 e. The number of carbonyl (C=O) groups is 2. The number of fused-ring (bicyclic) bond motifs is 2. The van der Waals surface area contributed by atoms with E-state index >= 15 is 0 Å². The molecule has 2 N–H and O–H groups in total. The predicted octanol–water partition coefficient (Wildman–Crippen LogP) is 3.54. The molecule has 0 aromatic heterocycles. The number of sulfonamides is 1. The van der Waals surface area contributed by atoms with Crippen molar-refractivity contribution >= 4 is 27.6 Å². The second-order valence-electron chi connectivity index (χ2n) is 9.20. The summed E-state index contributed by atoms with van der Waals surface area (Å²) in [5.41, 5.74) is 5.67. The lowest BCUT2D eigenvalue weighted by Gasteiger charge is -2.30. The molecule has 3 amide bonds. The van der Waals surface area contributed by atoms with Crippen LogP contribution < -0.4 is 10.0 Å². The van der Waals surface area contributed by atoms with Crippen molar-refractivity contribution in [2.45, 2.75) is 91.1 Å². The van der Waals surface area contributed by atoms with Gasteiger partial charge in [0.1, 0.15) is 0 Å². The fourth-order valence-electron chi connectivity index (χ4n) is 5.01. The van der Waals surface area contributed by atoms with E-state index in [1.807, 2.05) is 27.7 Å². The highest BCUT2D eigenvalue weighted by molar-refractivity contribution is 7.90. The van der Waals surface area contributed by atoms with Crippen molar-refractivity contribution < 1.29 is 18.0 Å². The van der Waals surface area contributed by atoms with Gasteiger partial charge in [-0.3, -0.25) is 4.79 Å². The zero-order valence-corrected chi connectivity index (χ0v) is 19.9. The molecule has 2 aliphatic rings. The number of carbonyl (C=O) groups excluding carboxylic acids is 2. The Morgan fingerprint density at radius 1 is 0.968 bits per heavy atom. The van der Waals surface area contributed by atoms with Crippen molar-refractivity contribution in [3.05, 3.63) is 28.3 Å². The van der Waals surface area contributed by atoms with Crippen LogP contribution in [0.5, 0.6) is 0 Å². The van der Waals surface area contributed by atoms with Gasteiger partial charge in [-0.05, 0) is 94.9 Å². The number of nitrogens with one attached hydrogen (secondary N) is 2. The molecule has 0 saturated heterocycles. The summed E-state index contributed by atoms with van der Waals surface area (Å²) >= 11 is 0. The van der Waals surface area contributed by atoms with Crippen molar-refractivity contribution in [3.8, 4) is 0 Å². The molecule has 0 saturated carbocycles. The Kier molecular flexibility index (Phi) is 7.29. The van der Waals surface area contributed by atoms with E-state index in [2.05, 4.69) is 16.1 Å². The number of hydrogen-bond donors (Lipinski definition) is 2. The Hall–Kier alpha value is -2.09. The molecule has 8 heteroatoms. The molecule has 1 aromatic rings. The maximum absolute atomic E-state index is 12.5. The zero-order valence-electron chi connectivity index (χ0n) is 19.1. The van der Waals surface area contributed by atoms with Gasteiger partial charge in [-0.1, -0.05) is 6.07 Å². The van der Waals surface area contributed by atoms with Crippen LogP contribution in [0, 0.1) is 0 Å². The molecule has 172 valence electrons. The second-order valence-corrected chi connectivity index (χ2v) is 11.0. The van der Waals surface area contributed by atoms with E-state index < -0.39 is 16.1 Å². The second kappa shape index (κ2) is 9.59. The summed E-state index contributed by atoms with van der Waals surface area (Å²) in [5.74, 6) is -0.332. The Morgan fingerprint density at radius 2 is 1.52 bits per heavy atom. The lowest BCUT2D eigenvalue weighted by Crippen LogP contribution is -2.42. The molecule has 0 bridgehead atoms. The van der Waals surface area contributed by atoms with Gasteiger partial charge < -0.3 is 10.2 Å². The van der Waals surface area contributed by atoms with Gasteiger partial charge in [-0.2, -0.15) is 0 Å². The standard InChI is InChI=1S/C23H35N3O4S/c1-15(2)26(16(3)4)21(27)12-7-13-31(29,30)25-23(28)24-22-19-10-5-8-17(19)14-18-9-6-11-20(18)22/h14-16H,5-13H2,1-4H3,(H2,24,25,28). The fraction of sp³-hybridized carbons (Fsp3) is 0.652. The largest absolute Gasteiger partial charge is 0.338 e. The predicted molar refractivity (Wildman–Crippen MR) is 123 cm³/mol. The Bertz CT molecular complexity index is 914. The van der Waals surface area contributed by atoms with Crippen LogP contribution in [0.25, 0.3) is 0 Å². The van der Waals surface area contributed by atoms with Gasteiger partial charge in [0.2, 0.25) is 15.9 Å². The molecule has 0 fully saturated rings. The summed E-state index contributed by atoms with van der Waals surface area (Å²) in [4.78, 5) is 26.7. The number of benzene rings is 1. The number of amides is 3. The van der Waals surface area contributed by atoms with Gasteiger partial charge >= 0.3 is 6.03 Å². The third-order valence-electron chi connectivity index (χ3n) is 6.16. The van der Waals surface area contributed by atoms with Gasteiger partial charge in [0.15, 0.2) is 0 Å². The third kappa shape index (κ3) is 5.59. The van der Waals surface area contributed by atoms with E-state index in [0.717, 1.165) is 55.3 Å². The third-order valence-corrected chi connectivity index (χ3v) is 7.49. The Morgan fingerprint density at radius 3 is 2.03 bits per heavy atom. The van der Waals surface area contributed by atoms with E-state index in [4.69, 9.17) is 0 Å². The SMILES string of the molecule is CC(C)N(C(=O)CCCS(=O)(=O)NC(=O)Nc1c2c(cc3c1CCC3)CCC2)C(C)C. The number of rotatable bonds is 8. The van der Waals surface area contributed by atoms with Crippen molar-refractivity contribution in [2.75, 3.05) is 11.1 Å². The van der Waals surface area contributed by atoms with E-state index in [1.54, 1.807) is 4.90 Å². The molecule has 0 spiro atoms. The molecule has 0 unspecified atom stereocenters. The first kappa shape index (κ1) is 23.6. The minimum absolute atomic E-state index is 0.0577. The van der Waals surface area contributed by atoms with Crippen molar-refractivity contribution in [2.24, 2.45) is 0 Å². The molecule has 3 rings (SSSR count). The molecular weight excluding hydrogens is 414 g/mol. The summed E-state index contributed by atoms with van der Waals surface area (Å²) in [6, 6.07) is 1.66. The van der Waals surface area contributed by atoms with Gasteiger partial charge in [-0.15, -0.1) is 0 Å². The molecule has 7 nitrogen and oxygen atoms in total. The first-order chi connectivity index (χ1) is 14.6. The maximum atomic E-state index is 12.5. The molecule has 0 atom stereocenters. The smallest absolute Gasteiger partial charge is 0.332 e. The molecule has 0 aliphatic heterocycles. The molecular formula is C23H35N3O4S. The highest BCUT2D eigenvalue weighted by Crippen LogP contribution is 2.38. The van der Waals surface area contributed by atoms with E-state index in [9.17, 15) is 18.0 Å². The van der Waals surface area contributed by atoms with Crippen LogP contribution in [0.3, 0.4) is 0 Å². The van der Waals surface area contributed by atoms with Crippen LogP contribution in [-0.2, 0) is 40.5 Å². The average Bonchev–Trinajstić information content (AvgIpc) is 3.29. The maximum Gasteiger partial charge on any atom is 0.332 e. The lowest BCUT2D eigenvalue weighted by molar-refractivity contribution is -0.134. The van der Waals surface area contributed by atoms with E-state index in [1.165, 1.54) is 11.1 Å². The summed E-state index contributed by atoms with van der Waals surface area (Å²) in [6.45, 7) is 7.77. The van der Waals surface area contributed by atoms with E-state index in [-0.39, 0.29) is 36.6 Å². The van der Waals surface area contributed by atoms with Gasteiger partial charge in [0, 0.05) is 24.2 Å². The zero-order chi connectivity index (χ0) is 22.8. The lowest BCUT2D eigenvalue weighted by atomic mass is 9.99. The summed E-state index contributed by atoms with van der Waals surface area (Å²) in [5, 5.41) is 2.84. The highest BCUT2D eigenvalue weighted by Gasteiger charge is 2.26. The summed E-state index contributed by atoms with van der Waals surface area (Å²) < 4.78 is 27.0. The monoisotopic (exact) mass is 449 g/mol. The van der Waals surface area contributed by atoms with Gasteiger partial charge in [-0.25, -0.2) is 17.9 Å². The van der Waals surface area contributed by atoms with Gasteiger partial charge in [0.25, 0.3) is 0 Å². The van der Waals surface area contributed by atoms with Crippen molar-refractivity contribution in [1.82, 2.24) is 9.62 Å². The van der Waals surface area contributed by atoms with Crippen molar-refractivity contribution in [3.63, 3.8) is 0 Å². The topological polar surface area (TPSA) is 95.6 Å². The van der Waals surface area contributed by atoms with Crippen LogP contribution in [0.4, 0.5) is 10.5 Å². The van der Waals surface area contributed by atoms with Crippen LogP contribution in [0.2, 0.25) is 0 Å². The summed E-state index contributed by atoms with van der Waals surface area (Å²) in [7, 11) is -3.82. The van der Waals surface area contributed by atoms with Crippen LogP contribution in [0.1, 0.15) is 75.6 Å². The first-order valence-corrected chi connectivity index (χ1v) is 13.0. The number of nitrogens with zero attached hydrogens (tertiary/aromatic N) is 1. The number of aryl methyl sites for hydroxylation is 2. The Balaban J connectivity index is 1.58. The molecule has 2 aliphatic carbocycles. The average molecular weight is 450 g/mol. The molecule has 0 heterocycles. The van der Waals surface area contributed by atoms with Crippen molar-refractivity contribution in [1.29, 1.82) is 0 Å². The molecule has 1 aromatic carbocycles. The number of urea groups is 1. The number of anilines is 1. The normalized spacial score (nSPS) is 15.2. The minimum atomic E-state index is -3.82. The quantitative estimate of drug-likeness (QED) is 0.634. The van der Waals surface area contributed by atoms with Crippen LogP contribution >= 0.6 is 0 Å². The molecule has 0 radical (unpaired) electrons. The van der Waals surface area contributed by atoms with Crippen LogP contribution in [0.15, 0.2) is 6.07 Å². The number of hydrogen-bond acceptors (Lipinski definition) is 4. The fourth-order valence-corrected chi connectivity index (χ4v) is 5.97. The van der Waals surface area contributed by atoms with Crippen LogP contribution in [-0.4, -0.2) is 43.1 Å². The van der Waals surface area contributed by atoms with Gasteiger partial charge in [0.05, 0.1) is 5.75 Å².